The molecule has 0 aliphatic carbocycles. The van der Waals surface area contributed by atoms with Crippen LogP contribution in [0.4, 0.5) is 18.9 Å². The predicted molar refractivity (Wildman–Crippen MR) is 92.7 cm³/mol. The van der Waals surface area contributed by atoms with Gasteiger partial charge in [0, 0.05) is 13.1 Å². The number of rotatable bonds is 3. The first-order valence-corrected chi connectivity index (χ1v) is 8.81. The summed E-state index contributed by atoms with van der Waals surface area (Å²) in [5, 5.41) is 8.70. The van der Waals surface area contributed by atoms with E-state index in [1.807, 2.05) is 23.3 Å². The molecular weight excluding hydrogens is 361 g/mol. The molecule has 4 rings (SSSR count). The third kappa shape index (κ3) is 3.64. The standard InChI is InChI=1S/C18H19F3N4O2/c19-18(20,21)16-15(8-23-24-17(16)26)25-9-11-1-2-14(7-12(11)10-25)27-13-3-5-22-6-4-13/h1-2,7-8,13,22H,3-6,9-10H2,(H,24,26). The summed E-state index contributed by atoms with van der Waals surface area (Å²) in [5.74, 6) is 0.725. The molecule has 0 spiro atoms. The lowest BCUT2D eigenvalue weighted by Gasteiger charge is -2.24. The molecule has 9 heteroatoms. The van der Waals surface area contributed by atoms with Crippen LogP contribution in [0.5, 0.6) is 5.75 Å². The molecular formula is C18H19F3N4O2. The second-order valence-electron chi connectivity index (χ2n) is 6.81. The molecule has 0 amide bonds. The lowest BCUT2D eigenvalue weighted by Crippen LogP contribution is -2.34. The molecule has 0 unspecified atom stereocenters. The van der Waals surface area contributed by atoms with E-state index in [1.54, 1.807) is 0 Å². The summed E-state index contributed by atoms with van der Waals surface area (Å²) in [6.07, 6.45) is -1.69. The maximum atomic E-state index is 13.3. The smallest absolute Gasteiger partial charge is 0.423 e. The van der Waals surface area contributed by atoms with E-state index >= 15 is 0 Å². The van der Waals surface area contributed by atoms with E-state index in [-0.39, 0.29) is 24.9 Å². The molecule has 1 fully saturated rings. The zero-order valence-corrected chi connectivity index (χ0v) is 14.5. The van der Waals surface area contributed by atoms with Gasteiger partial charge in [0.05, 0.1) is 11.9 Å². The highest BCUT2D eigenvalue weighted by atomic mass is 19.4. The second-order valence-corrected chi connectivity index (χ2v) is 6.81. The minimum absolute atomic E-state index is 0.149. The van der Waals surface area contributed by atoms with E-state index in [2.05, 4.69) is 10.4 Å². The van der Waals surface area contributed by atoms with Crippen molar-refractivity contribution in [1.82, 2.24) is 15.5 Å². The lowest BCUT2D eigenvalue weighted by molar-refractivity contribution is -0.138. The van der Waals surface area contributed by atoms with Crippen molar-refractivity contribution < 1.29 is 17.9 Å². The summed E-state index contributed by atoms with van der Waals surface area (Å²) in [4.78, 5) is 13.2. The fraction of sp³-hybridized carbons (Fsp3) is 0.444. The average molecular weight is 380 g/mol. The van der Waals surface area contributed by atoms with Crippen LogP contribution in [0.15, 0.2) is 29.2 Å². The Morgan fingerprint density at radius 1 is 1.15 bits per heavy atom. The van der Waals surface area contributed by atoms with Gasteiger partial charge in [0.25, 0.3) is 5.56 Å². The molecule has 0 radical (unpaired) electrons. The fourth-order valence-corrected chi connectivity index (χ4v) is 3.62. The van der Waals surface area contributed by atoms with E-state index in [0.29, 0.717) is 0 Å². The van der Waals surface area contributed by atoms with Gasteiger partial charge < -0.3 is 15.0 Å². The molecule has 2 aromatic rings. The van der Waals surface area contributed by atoms with Crippen LogP contribution in [0.25, 0.3) is 0 Å². The van der Waals surface area contributed by atoms with Gasteiger partial charge in [-0.1, -0.05) is 6.07 Å². The van der Waals surface area contributed by atoms with Crippen molar-refractivity contribution in [2.75, 3.05) is 18.0 Å². The zero-order chi connectivity index (χ0) is 19.0. The largest absolute Gasteiger partial charge is 0.490 e. The fourth-order valence-electron chi connectivity index (χ4n) is 3.62. The maximum absolute atomic E-state index is 13.3. The normalized spacial score (nSPS) is 17.8. The Kier molecular flexibility index (Phi) is 4.55. The number of piperidine rings is 1. The van der Waals surface area contributed by atoms with Crippen molar-refractivity contribution in [3.63, 3.8) is 0 Å². The number of nitrogens with one attached hydrogen (secondary N) is 2. The Morgan fingerprint density at radius 3 is 2.63 bits per heavy atom. The minimum atomic E-state index is -4.75. The first-order valence-electron chi connectivity index (χ1n) is 8.81. The van der Waals surface area contributed by atoms with Crippen molar-refractivity contribution in [1.29, 1.82) is 0 Å². The Hall–Kier alpha value is -2.55. The molecule has 2 N–H and O–H groups in total. The number of H-pyrrole nitrogens is 1. The Bertz CT molecular complexity index is 891. The molecule has 2 aliphatic heterocycles. The number of hydrogen-bond donors (Lipinski definition) is 2. The van der Waals surface area contributed by atoms with Gasteiger partial charge in [-0.2, -0.15) is 18.3 Å². The Balaban J connectivity index is 1.57. The lowest BCUT2D eigenvalue weighted by atomic mass is 10.1. The Labute approximate surface area is 153 Å². The maximum Gasteiger partial charge on any atom is 0.423 e. The van der Waals surface area contributed by atoms with Crippen molar-refractivity contribution in [3.8, 4) is 5.75 Å². The number of halogens is 3. The number of nitrogens with zero attached hydrogens (tertiary/aromatic N) is 2. The summed E-state index contributed by atoms with van der Waals surface area (Å²) in [6.45, 7) is 2.39. The average Bonchev–Trinajstić information content (AvgIpc) is 3.04. The van der Waals surface area contributed by atoms with Crippen molar-refractivity contribution in [2.45, 2.75) is 38.2 Å². The number of hydrogen-bond acceptors (Lipinski definition) is 5. The molecule has 0 atom stereocenters. The third-order valence-corrected chi connectivity index (χ3v) is 4.95. The summed E-state index contributed by atoms with van der Waals surface area (Å²) >= 11 is 0. The molecule has 1 saturated heterocycles. The minimum Gasteiger partial charge on any atom is -0.490 e. The van der Waals surface area contributed by atoms with Crippen LogP contribution in [0, 0.1) is 0 Å². The quantitative estimate of drug-likeness (QED) is 0.856. The van der Waals surface area contributed by atoms with Gasteiger partial charge in [-0.05, 0) is 49.2 Å². The molecule has 1 aromatic heterocycles. The molecule has 27 heavy (non-hydrogen) atoms. The number of benzene rings is 1. The van der Waals surface area contributed by atoms with Crippen LogP contribution < -0.4 is 20.5 Å². The number of aromatic nitrogens is 2. The first kappa shape index (κ1) is 17.8. The highest BCUT2D eigenvalue weighted by molar-refractivity contribution is 5.56. The van der Waals surface area contributed by atoms with Gasteiger partial charge in [0.15, 0.2) is 0 Å². The number of ether oxygens (including phenoxy) is 1. The monoisotopic (exact) mass is 380 g/mol. The number of alkyl halides is 3. The summed E-state index contributed by atoms with van der Waals surface area (Å²) < 4.78 is 46.0. The van der Waals surface area contributed by atoms with Gasteiger partial charge in [0.1, 0.15) is 17.4 Å². The number of anilines is 1. The molecule has 144 valence electrons. The SMILES string of the molecule is O=c1[nH]ncc(N2Cc3ccc(OC4CCNCC4)cc3C2)c1C(F)(F)F. The molecule has 2 aliphatic rings. The molecule has 0 bridgehead atoms. The molecule has 6 nitrogen and oxygen atoms in total. The van der Waals surface area contributed by atoms with Gasteiger partial charge in [-0.25, -0.2) is 5.10 Å². The van der Waals surface area contributed by atoms with Gasteiger partial charge in [-0.15, -0.1) is 0 Å². The Morgan fingerprint density at radius 2 is 1.89 bits per heavy atom. The molecule has 1 aromatic carbocycles. The van der Waals surface area contributed by atoms with E-state index in [1.165, 1.54) is 4.90 Å². The summed E-state index contributed by atoms with van der Waals surface area (Å²) in [5.41, 5.74) is -0.832. The summed E-state index contributed by atoms with van der Waals surface area (Å²) in [7, 11) is 0. The van der Waals surface area contributed by atoms with Crippen molar-refractivity contribution >= 4 is 5.69 Å². The van der Waals surface area contributed by atoms with Gasteiger partial charge >= 0.3 is 6.18 Å². The van der Waals surface area contributed by atoms with Crippen LogP contribution >= 0.6 is 0 Å². The van der Waals surface area contributed by atoms with E-state index in [4.69, 9.17) is 4.74 Å². The van der Waals surface area contributed by atoms with Crippen LogP contribution in [0.3, 0.4) is 0 Å². The first-order chi connectivity index (χ1) is 12.9. The predicted octanol–water partition coefficient (Wildman–Crippen LogP) is 2.44. The zero-order valence-electron chi connectivity index (χ0n) is 14.5. The van der Waals surface area contributed by atoms with Gasteiger partial charge in [0.2, 0.25) is 0 Å². The second kappa shape index (κ2) is 6.88. The van der Waals surface area contributed by atoms with Gasteiger partial charge in [-0.3, -0.25) is 4.79 Å². The molecule has 3 heterocycles. The number of aromatic amines is 1. The third-order valence-electron chi connectivity index (χ3n) is 4.95. The molecule has 0 saturated carbocycles. The van der Waals surface area contributed by atoms with Crippen LogP contribution in [0.1, 0.15) is 29.5 Å². The highest BCUT2D eigenvalue weighted by Crippen LogP contribution is 2.37. The van der Waals surface area contributed by atoms with Crippen molar-refractivity contribution in [3.05, 3.63) is 51.4 Å². The highest BCUT2D eigenvalue weighted by Gasteiger charge is 2.39. The summed E-state index contributed by atoms with van der Waals surface area (Å²) in [6, 6.07) is 5.61. The number of fused-ring (bicyclic) bond motifs is 1. The van der Waals surface area contributed by atoms with E-state index in [9.17, 15) is 18.0 Å². The van der Waals surface area contributed by atoms with Crippen molar-refractivity contribution in [2.24, 2.45) is 0 Å². The van der Waals surface area contributed by atoms with Crippen LogP contribution in [-0.4, -0.2) is 29.4 Å². The van der Waals surface area contributed by atoms with Crippen LogP contribution in [0.2, 0.25) is 0 Å². The topological polar surface area (TPSA) is 70.2 Å². The van der Waals surface area contributed by atoms with E-state index < -0.39 is 17.3 Å². The van der Waals surface area contributed by atoms with E-state index in [0.717, 1.165) is 49.0 Å². The van der Waals surface area contributed by atoms with Crippen LogP contribution in [-0.2, 0) is 19.3 Å².